The summed E-state index contributed by atoms with van der Waals surface area (Å²) in [7, 11) is 1.55. The lowest BCUT2D eigenvalue weighted by Crippen LogP contribution is -2.54. The molecule has 4 N–H and O–H groups in total. The van der Waals surface area contributed by atoms with Crippen molar-refractivity contribution in [1.82, 2.24) is 10.2 Å². The van der Waals surface area contributed by atoms with Crippen LogP contribution in [0.2, 0.25) is 0 Å². The monoisotopic (exact) mass is 538 g/mol. The molecule has 10 nitrogen and oxygen atoms in total. The van der Waals surface area contributed by atoms with Gasteiger partial charge in [0.15, 0.2) is 0 Å². The number of benzene rings is 2. The van der Waals surface area contributed by atoms with E-state index in [4.69, 9.17) is 15.2 Å². The third-order valence-corrected chi connectivity index (χ3v) is 6.18. The number of hydrogen-bond acceptors (Lipinski definition) is 6. The Kier molecular flexibility index (Phi) is 9.56. The largest absolute Gasteiger partial charge is 0.497 e. The van der Waals surface area contributed by atoms with Crippen LogP contribution in [0.15, 0.2) is 48.5 Å². The molecular formula is C29H38N4O6. The first kappa shape index (κ1) is 29.5. The Morgan fingerprint density at radius 2 is 1.64 bits per heavy atom. The van der Waals surface area contributed by atoms with Crippen LogP contribution >= 0.6 is 0 Å². The molecule has 0 heterocycles. The van der Waals surface area contributed by atoms with E-state index >= 15 is 0 Å². The average Bonchev–Trinajstić information content (AvgIpc) is 3.71. The van der Waals surface area contributed by atoms with Crippen molar-refractivity contribution in [2.24, 2.45) is 5.73 Å². The van der Waals surface area contributed by atoms with Gasteiger partial charge in [0, 0.05) is 11.7 Å². The van der Waals surface area contributed by atoms with Gasteiger partial charge in [0.1, 0.15) is 23.4 Å². The number of anilines is 1. The van der Waals surface area contributed by atoms with E-state index in [0.717, 1.165) is 12.0 Å². The number of alkyl carbamates (subject to hydrolysis) is 1. The number of hydrogen-bond donors (Lipinski definition) is 3. The highest BCUT2D eigenvalue weighted by atomic mass is 16.6. The standard InChI is InChI=1S/C29H38N4O6/c1-6-18-7-9-19(10-8-18)25(26(35)31-20-11-15-22(38-5)16-12-20)33(21-13-14-21)27(36)23(17-24(30)34)32-28(37)39-29(2,3)4/h7-12,15-16,21,23,25H,6,13-14,17H2,1-5H3,(H2,30,34)(H,31,35)(H,32,37). The van der Waals surface area contributed by atoms with Crippen LogP contribution in [0.25, 0.3) is 0 Å². The number of amides is 4. The van der Waals surface area contributed by atoms with Crippen LogP contribution in [0, 0.1) is 0 Å². The van der Waals surface area contributed by atoms with Crippen molar-refractivity contribution in [3.8, 4) is 5.75 Å². The third-order valence-electron chi connectivity index (χ3n) is 6.18. The molecule has 0 saturated heterocycles. The Bertz CT molecular complexity index is 1170. The quantitative estimate of drug-likeness (QED) is 0.399. The first-order chi connectivity index (χ1) is 18.4. The van der Waals surface area contributed by atoms with E-state index in [1.807, 2.05) is 31.2 Å². The van der Waals surface area contributed by atoms with Crippen molar-refractivity contribution in [3.05, 3.63) is 59.7 Å². The van der Waals surface area contributed by atoms with Crippen molar-refractivity contribution in [1.29, 1.82) is 0 Å². The predicted molar refractivity (Wildman–Crippen MR) is 147 cm³/mol. The molecule has 3 rings (SSSR count). The topological polar surface area (TPSA) is 140 Å². The van der Waals surface area contributed by atoms with Gasteiger partial charge in [-0.2, -0.15) is 0 Å². The highest BCUT2D eigenvalue weighted by Crippen LogP contribution is 2.36. The Morgan fingerprint density at radius 1 is 1.03 bits per heavy atom. The van der Waals surface area contributed by atoms with Crippen LogP contribution in [-0.2, 0) is 25.5 Å². The van der Waals surface area contributed by atoms with Crippen LogP contribution in [0.3, 0.4) is 0 Å². The van der Waals surface area contributed by atoms with Crippen LogP contribution in [0.4, 0.5) is 10.5 Å². The van der Waals surface area contributed by atoms with Gasteiger partial charge in [0.2, 0.25) is 11.8 Å². The molecule has 2 aromatic rings. The lowest BCUT2D eigenvalue weighted by molar-refractivity contribution is -0.142. The summed E-state index contributed by atoms with van der Waals surface area (Å²) in [4.78, 5) is 53.7. The second kappa shape index (κ2) is 12.6. The Hall–Kier alpha value is -4.08. The van der Waals surface area contributed by atoms with Gasteiger partial charge >= 0.3 is 6.09 Å². The Morgan fingerprint density at radius 3 is 2.13 bits per heavy atom. The number of nitrogens with zero attached hydrogens (tertiary/aromatic N) is 1. The lowest BCUT2D eigenvalue weighted by atomic mass is 9.99. The molecule has 10 heteroatoms. The molecule has 4 amide bonds. The minimum absolute atomic E-state index is 0.245. The molecule has 0 radical (unpaired) electrons. The lowest BCUT2D eigenvalue weighted by Gasteiger charge is -2.34. The molecule has 39 heavy (non-hydrogen) atoms. The number of rotatable bonds is 11. The van der Waals surface area contributed by atoms with Crippen LogP contribution in [0.1, 0.15) is 64.1 Å². The maximum Gasteiger partial charge on any atom is 0.408 e. The maximum absolute atomic E-state index is 14.0. The van der Waals surface area contributed by atoms with E-state index in [2.05, 4.69) is 10.6 Å². The van der Waals surface area contributed by atoms with Crippen LogP contribution in [0.5, 0.6) is 5.75 Å². The number of methoxy groups -OCH3 is 1. The number of carbonyl (C=O) groups excluding carboxylic acids is 4. The summed E-state index contributed by atoms with van der Waals surface area (Å²) in [5.41, 5.74) is 6.83. The summed E-state index contributed by atoms with van der Waals surface area (Å²) in [6.07, 6.45) is 0.878. The molecule has 0 bridgehead atoms. The summed E-state index contributed by atoms with van der Waals surface area (Å²) in [6.45, 7) is 7.09. The third kappa shape index (κ3) is 8.46. The van der Waals surface area contributed by atoms with Gasteiger partial charge in [-0.1, -0.05) is 31.2 Å². The number of ether oxygens (including phenoxy) is 2. The predicted octanol–water partition coefficient (Wildman–Crippen LogP) is 3.70. The number of primary amides is 1. The molecular weight excluding hydrogens is 500 g/mol. The summed E-state index contributed by atoms with van der Waals surface area (Å²) in [5.74, 6) is -1.15. The fourth-order valence-corrected chi connectivity index (χ4v) is 4.16. The van der Waals surface area contributed by atoms with Gasteiger partial charge < -0.3 is 30.7 Å². The van der Waals surface area contributed by atoms with E-state index in [0.29, 0.717) is 29.8 Å². The van der Waals surface area contributed by atoms with Gasteiger partial charge in [-0.05, 0) is 75.4 Å². The van der Waals surface area contributed by atoms with Crippen molar-refractivity contribution >= 4 is 29.5 Å². The molecule has 0 spiro atoms. The number of nitrogens with one attached hydrogen (secondary N) is 2. The molecule has 0 aromatic heterocycles. The van der Waals surface area contributed by atoms with Gasteiger partial charge in [0.05, 0.1) is 13.5 Å². The SMILES string of the molecule is CCc1ccc(C(C(=O)Nc2ccc(OC)cc2)N(C(=O)C(CC(N)=O)NC(=O)OC(C)(C)C)C2CC2)cc1. The molecule has 1 saturated carbocycles. The fourth-order valence-electron chi connectivity index (χ4n) is 4.16. The second-order valence-corrected chi connectivity index (χ2v) is 10.6. The molecule has 2 atom stereocenters. The van der Waals surface area contributed by atoms with Gasteiger partial charge in [-0.15, -0.1) is 0 Å². The fraction of sp³-hybridized carbons (Fsp3) is 0.448. The van der Waals surface area contributed by atoms with Crippen LogP contribution in [-0.4, -0.2) is 53.5 Å². The molecule has 1 aliphatic carbocycles. The summed E-state index contributed by atoms with van der Waals surface area (Å²) in [5, 5.41) is 5.39. The molecule has 1 aliphatic rings. The van der Waals surface area contributed by atoms with E-state index in [1.165, 1.54) is 4.90 Å². The number of aryl methyl sites for hydroxylation is 1. The summed E-state index contributed by atoms with van der Waals surface area (Å²) < 4.78 is 10.5. The number of nitrogens with two attached hydrogens (primary N) is 1. The minimum Gasteiger partial charge on any atom is -0.497 e. The summed E-state index contributed by atoms with van der Waals surface area (Å²) in [6, 6.07) is 11.8. The van der Waals surface area contributed by atoms with Crippen molar-refractivity contribution in [2.45, 2.75) is 77.1 Å². The van der Waals surface area contributed by atoms with E-state index < -0.39 is 47.9 Å². The van der Waals surface area contributed by atoms with Gasteiger partial charge in [0.25, 0.3) is 5.91 Å². The average molecular weight is 539 g/mol. The molecule has 1 fully saturated rings. The zero-order valence-electron chi connectivity index (χ0n) is 23.2. The van der Waals surface area contributed by atoms with Gasteiger partial charge in [-0.3, -0.25) is 14.4 Å². The smallest absolute Gasteiger partial charge is 0.408 e. The number of carbonyl (C=O) groups is 4. The summed E-state index contributed by atoms with van der Waals surface area (Å²) >= 11 is 0. The zero-order chi connectivity index (χ0) is 28.7. The normalized spacial score (nSPS) is 14.5. The molecule has 0 aliphatic heterocycles. The molecule has 2 unspecified atom stereocenters. The zero-order valence-corrected chi connectivity index (χ0v) is 23.2. The second-order valence-electron chi connectivity index (χ2n) is 10.6. The Labute approximate surface area is 229 Å². The van der Waals surface area contributed by atoms with E-state index in [9.17, 15) is 19.2 Å². The first-order valence-corrected chi connectivity index (χ1v) is 13.1. The van der Waals surface area contributed by atoms with Crippen LogP contribution < -0.4 is 21.1 Å². The Balaban J connectivity index is 1.98. The molecule has 210 valence electrons. The first-order valence-electron chi connectivity index (χ1n) is 13.1. The maximum atomic E-state index is 14.0. The van der Waals surface area contributed by atoms with Gasteiger partial charge in [-0.25, -0.2) is 4.79 Å². The van der Waals surface area contributed by atoms with E-state index in [1.54, 1.807) is 52.1 Å². The van der Waals surface area contributed by atoms with Crippen molar-refractivity contribution in [2.75, 3.05) is 12.4 Å². The van der Waals surface area contributed by atoms with E-state index in [-0.39, 0.29) is 6.04 Å². The van der Waals surface area contributed by atoms with Crippen molar-refractivity contribution in [3.63, 3.8) is 0 Å². The highest BCUT2D eigenvalue weighted by molar-refractivity contribution is 6.00. The molecule has 2 aromatic carbocycles. The highest BCUT2D eigenvalue weighted by Gasteiger charge is 2.44. The van der Waals surface area contributed by atoms with Crippen molar-refractivity contribution < 1.29 is 28.7 Å². The minimum atomic E-state index is -1.30.